The van der Waals surface area contributed by atoms with E-state index in [1.54, 1.807) is 31.2 Å². The maximum atomic E-state index is 12.9. The average Bonchev–Trinajstić information content (AvgIpc) is 2.76. The highest BCUT2D eigenvalue weighted by Gasteiger charge is 2.20. The zero-order valence-electron chi connectivity index (χ0n) is 17.6. The van der Waals surface area contributed by atoms with Crippen LogP contribution in [0, 0.1) is 13.8 Å². The number of hydrogen-bond acceptors (Lipinski definition) is 4. The van der Waals surface area contributed by atoms with Gasteiger partial charge in [-0.05, 0) is 48.7 Å². The van der Waals surface area contributed by atoms with E-state index in [-0.39, 0.29) is 16.4 Å². The van der Waals surface area contributed by atoms with Crippen LogP contribution in [0.5, 0.6) is 0 Å². The summed E-state index contributed by atoms with van der Waals surface area (Å²) in [7, 11) is -3.84. The third kappa shape index (κ3) is 6.16. The Bertz CT molecular complexity index is 1150. The highest BCUT2D eigenvalue weighted by molar-refractivity contribution is 7.92. The number of carbonyl (C=O) groups excluding carboxylic acids is 1. The van der Waals surface area contributed by atoms with Crippen molar-refractivity contribution in [3.63, 3.8) is 0 Å². The number of para-hydroxylation sites is 1. The Balaban J connectivity index is 1.61. The molecule has 1 amide bonds. The largest absolute Gasteiger partial charge is 0.375 e. The first-order valence-corrected chi connectivity index (χ1v) is 11.4. The van der Waals surface area contributed by atoms with Crippen LogP contribution < -0.4 is 10.0 Å². The summed E-state index contributed by atoms with van der Waals surface area (Å²) in [6.45, 7) is 4.67. The number of amides is 1. The molecule has 0 fully saturated rings. The normalized spacial score (nSPS) is 11.2. The van der Waals surface area contributed by atoms with Crippen LogP contribution in [-0.4, -0.2) is 27.5 Å². The van der Waals surface area contributed by atoms with Gasteiger partial charge in [0.15, 0.2) is 0 Å². The van der Waals surface area contributed by atoms with Crippen molar-refractivity contribution in [2.45, 2.75) is 25.3 Å². The lowest BCUT2D eigenvalue weighted by atomic mass is 10.1. The maximum absolute atomic E-state index is 12.9. The van der Waals surface area contributed by atoms with Crippen molar-refractivity contribution >= 4 is 21.6 Å². The minimum Gasteiger partial charge on any atom is -0.375 e. The zero-order chi connectivity index (χ0) is 22.3. The topological polar surface area (TPSA) is 84.5 Å². The van der Waals surface area contributed by atoms with E-state index in [9.17, 15) is 13.2 Å². The fourth-order valence-corrected chi connectivity index (χ4v) is 4.42. The number of benzene rings is 3. The summed E-state index contributed by atoms with van der Waals surface area (Å²) in [5, 5.41) is 2.76. The fourth-order valence-electron chi connectivity index (χ4n) is 3.02. The average molecular weight is 439 g/mol. The maximum Gasteiger partial charge on any atom is 0.262 e. The first-order chi connectivity index (χ1) is 14.9. The number of nitrogens with one attached hydrogen (secondary N) is 2. The van der Waals surface area contributed by atoms with Crippen LogP contribution in [-0.2, 0) is 21.4 Å². The van der Waals surface area contributed by atoms with E-state index in [0.717, 1.165) is 11.1 Å². The molecular weight excluding hydrogens is 412 g/mol. The van der Waals surface area contributed by atoms with E-state index in [2.05, 4.69) is 10.0 Å². The molecule has 162 valence electrons. The Morgan fingerprint density at radius 1 is 0.903 bits per heavy atom. The molecule has 0 saturated carbocycles. The molecule has 0 saturated heterocycles. The van der Waals surface area contributed by atoms with Gasteiger partial charge in [-0.25, -0.2) is 8.42 Å². The molecule has 3 aromatic rings. The SMILES string of the molecule is Cc1ccccc1NS(=O)(=O)c1cc(C(=O)NCCOCc2ccccc2)ccc1C. The van der Waals surface area contributed by atoms with E-state index in [1.807, 2.05) is 49.4 Å². The van der Waals surface area contributed by atoms with Gasteiger partial charge >= 0.3 is 0 Å². The van der Waals surface area contributed by atoms with Crippen molar-refractivity contribution in [3.05, 3.63) is 95.1 Å². The molecule has 0 aliphatic carbocycles. The van der Waals surface area contributed by atoms with Gasteiger partial charge in [0, 0.05) is 12.1 Å². The summed E-state index contributed by atoms with van der Waals surface area (Å²) in [6.07, 6.45) is 0. The van der Waals surface area contributed by atoms with Gasteiger partial charge in [0.05, 0.1) is 23.8 Å². The van der Waals surface area contributed by atoms with Gasteiger partial charge in [-0.15, -0.1) is 0 Å². The zero-order valence-corrected chi connectivity index (χ0v) is 18.4. The van der Waals surface area contributed by atoms with E-state index in [0.29, 0.717) is 31.0 Å². The quantitative estimate of drug-likeness (QED) is 0.494. The lowest BCUT2D eigenvalue weighted by molar-refractivity contribution is 0.0900. The second-order valence-corrected chi connectivity index (χ2v) is 8.85. The molecule has 7 heteroatoms. The summed E-state index contributed by atoms with van der Waals surface area (Å²) in [4.78, 5) is 12.6. The first kappa shape index (κ1) is 22.5. The van der Waals surface area contributed by atoms with Crippen LogP contribution >= 0.6 is 0 Å². The predicted molar refractivity (Wildman–Crippen MR) is 122 cm³/mol. The smallest absolute Gasteiger partial charge is 0.262 e. The second-order valence-electron chi connectivity index (χ2n) is 7.19. The van der Waals surface area contributed by atoms with Crippen LogP contribution in [0.4, 0.5) is 5.69 Å². The van der Waals surface area contributed by atoms with Gasteiger partial charge in [0.25, 0.3) is 15.9 Å². The molecule has 0 radical (unpaired) electrons. The number of aryl methyl sites for hydroxylation is 2. The van der Waals surface area contributed by atoms with E-state index < -0.39 is 10.0 Å². The molecule has 3 aromatic carbocycles. The molecule has 0 atom stereocenters. The molecule has 0 aliphatic rings. The molecule has 0 aliphatic heterocycles. The van der Waals surface area contributed by atoms with Crippen molar-refractivity contribution in [1.29, 1.82) is 0 Å². The number of sulfonamides is 1. The lowest BCUT2D eigenvalue weighted by Gasteiger charge is -2.13. The Hall–Kier alpha value is -3.16. The molecule has 6 nitrogen and oxygen atoms in total. The number of hydrogen-bond donors (Lipinski definition) is 2. The van der Waals surface area contributed by atoms with Crippen molar-refractivity contribution in [2.24, 2.45) is 0 Å². The highest BCUT2D eigenvalue weighted by atomic mass is 32.2. The number of ether oxygens (including phenoxy) is 1. The highest BCUT2D eigenvalue weighted by Crippen LogP contribution is 2.22. The molecule has 3 rings (SSSR count). The molecule has 2 N–H and O–H groups in total. The molecule has 0 aromatic heterocycles. The van der Waals surface area contributed by atoms with Gasteiger partial charge in [0.1, 0.15) is 0 Å². The number of rotatable bonds is 9. The van der Waals surface area contributed by atoms with E-state index in [1.165, 1.54) is 6.07 Å². The molecule has 0 spiro atoms. The van der Waals surface area contributed by atoms with Crippen molar-refractivity contribution in [3.8, 4) is 0 Å². The van der Waals surface area contributed by atoms with Crippen LogP contribution in [0.2, 0.25) is 0 Å². The van der Waals surface area contributed by atoms with Crippen molar-refractivity contribution in [2.75, 3.05) is 17.9 Å². The lowest BCUT2D eigenvalue weighted by Crippen LogP contribution is -2.27. The molecule has 31 heavy (non-hydrogen) atoms. The van der Waals surface area contributed by atoms with Gasteiger partial charge in [0.2, 0.25) is 0 Å². The summed E-state index contributed by atoms with van der Waals surface area (Å²) in [5.74, 6) is -0.351. The van der Waals surface area contributed by atoms with E-state index in [4.69, 9.17) is 4.74 Å². The van der Waals surface area contributed by atoms with Crippen molar-refractivity contribution < 1.29 is 17.9 Å². The molecule has 0 bridgehead atoms. The number of carbonyl (C=O) groups is 1. The van der Waals surface area contributed by atoms with Gasteiger partial charge in [-0.1, -0.05) is 54.6 Å². The van der Waals surface area contributed by atoms with Gasteiger partial charge in [-0.2, -0.15) is 0 Å². The molecular formula is C24H26N2O4S. The van der Waals surface area contributed by atoms with Crippen molar-refractivity contribution in [1.82, 2.24) is 5.32 Å². The Morgan fingerprint density at radius 3 is 2.35 bits per heavy atom. The van der Waals surface area contributed by atoms with Crippen LogP contribution in [0.15, 0.2) is 77.7 Å². The van der Waals surface area contributed by atoms with Crippen LogP contribution in [0.25, 0.3) is 0 Å². The monoisotopic (exact) mass is 438 g/mol. The summed E-state index contributed by atoms with van der Waals surface area (Å²) >= 11 is 0. The summed E-state index contributed by atoms with van der Waals surface area (Å²) in [5.41, 5.74) is 3.21. The van der Waals surface area contributed by atoms with Crippen LogP contribution in [0.3, 0.4) is 0 Å². The Labute approximate surface area is 183 Å². The summed E-state index contributed by atoms with van der Waals surface area (Å²) < 4.78 is 34.0. The first-order valence-electron chi connectivity index (χ1n) is 9.96. The fraction of sp³-hybridized carbons (Fsp3) is 0.208. The Morgan fingerprint density at radius 2 is 1.61 bits per heavy atom. The molecule has 0 heterocycles. The van der Waals surface area contributed by atoms with Crippen LogP contribution in [0.1, 0.15) is 27.0 Å². The van der Waals surface area contributed by atoms with Gasteiger partial charge in [-0.3, -0.25) is 9.52 Å². The van der Waals surface area contributed by atoms with Gasteiger partial charge < -0.3 is 10.1 Å². The predicted octanol–water partition coefficient (Wildman–Crippen LogP) is 4.05. The molecule has 0 unspecified atom stereocenters. The minimum absolute atomic E-state index is 0.0729. The third-order valence-electron chi connectivity index (χ3n) is 4.77. The minimum atomic E-state index is -3.84. The Kier molecular flexibility index (Phi) is 7.44. The number of anilines is 1. The third-order valence-corrected chi connectivity index (χ3v) is 6.28. The van der Waals surface area contributed by atoms with E-state index >= 15 is 0 Å². The summed E-state index contributed by atoms with van der Waals surface area (Å²) in [6, 6.07) is 21.5. The second kappa shape index (κ2) is 10.2. The standard InChI is InChI=1S/C24H26N2O4S/c1-18-8-6-7-11-22(18)26-31(28,29)23-16-21(13-12-19(23)2)24(27)25-14-15-30-17-20-9-4-3-5-10-20/h3-13,16,26H,14-15,17H2,1-2H3,(H,25,27).